The highest BCUT2D eigenvalue weighted by molar-refractivity contribution is 8.23. The van der Waals surface area contributed by atoms with Crippen molar-refractivity contribution in [1.82, 2.24) is 4.57 Å². The Morgan fingerprint density at radius 3 is 2.54 bits per heavy atom. The predicted molar refractivity (Wildman–Crippen MR) is 123 cm³/mol. The van der Waals surface area contributed by atoms with E-state index in [2.05, 4.69) is 5.32 Å². The molecule has 0 atom stereocenters. The van der Waals surface area contributed by atoms with Crippen molar-refractivity contribution in [2.75, 3.05) is 18.2 Å². The third-order valence-corrected chi connectivity index (χ3v) is 5.56. The summed E-state index contributed by atoms with van der Waals surface area (Å²) in [5, 5.41) is 3.34. The Morgan fingerprint density at radius 1 is 1.14 bits per heavy atom. The van der Waals surface area contributed by atoms with Gasteiger partial charge in [0.05, 0.1) is 28.2 Å². The highest BCUT2D eigenvalue weighted by Crippen LogP contribution is 2.26. The maximum absolute atomic E-state index is 13.4. The number of pyridine rings is 1. The van der Waals surface area contributed by atoms with Crippen LogP contribution in [0.5, 0.6) is 5.75 Å². The van der Waals surface area contributed by atoms with E-state index in [9.17, 15) is 4.79 Å². The highest BCUT2D eigenvalue weighted by atomic mass is 32.2. The molecule has 0 radical (unpaired) electrons. The molecule has 0 spiro atoms. The van der Waals surface area contributed by atoms with Crippen LogP contribution in [0.2, 0.25) is 0 Å². The van der Waals surface area contributed by atoms with Crippen molar-refractivity contribution in [3.05, 3.63) is 82.3 Å². The zero-order valence-corrected chi connectivity index (χ0v) is 17.7. The molecule has 0 aliphatic carbocycles. The molecule has 3 rings (SSSR count). The Morgan fingerprint density at radius 2 is 1.86 bits per heavy atom. The maximum atomic E-state index is 13.4. The molecular weight excluding hydrogens is 388 g/mol. The molecule has 1 aromatic heterocycles. The van der Waals surface area contributed by atoms with Gasteiger partial charge >= 0.3 is 0 Å². The fraction of sp³-hybridized carbons (Fsp3) is 0.182. The van der Waals surface area contributed by atoms with E-state index in [-0.39, 0.29) is 5.56 Å². The third-order valence-electron chi connectivity index (χ3n) is 4.25. The zero-order chi connectivity index (χ0) is 20.1. The molecule has 1 N–H and O–H groups in total. The first-order chi connectivity index (χ1) is 13.5. The van der Waals surface area contributed by atoms with Crippen molar-refractivity contribution in [3.8, 4) is 11.4 Å². The molecule has 6 heteroatoms. The van der Waals surface area contributed by atoms with Crippen molar-refractivity contribution < 1.29 is 4.74 Å². The average Bonchev–Trinajstić information content (AvgIpc) is 2.70. The molecule has 4 nitrogen and oxygen atoms in total. The van der Waals surface area contributed by atoms with E-state index in [0.29, 0.717) is 26.9 Å². The van der Waals surface area contributed by atoms with Gasteiger partial charge in [0, 0.05) is 11.9 Å². The summed E-state index contributed by atoms with van der Waals surface area (Å²) in [6.45, 7) is 4.06. The van der Waals surface area contributed by atoms with Crippen LogP contribution in [-0.2, 0) is 0 Å². The second kappa shape index (κ2) is 9.08. The van der Waals surface area contributed by atoms with E-state index >= 15 is 0 Å². The molecule has 3 aromatic rings. The van der Waals surface area contributed by atoms with Gasteiger partial charge in [-0.05, 0) is 43.0 Å². The number of hydrogen-bond donors (Lipinski definition) is 1. The lowest BCUT2D eigenvalue weighted by Crippen LogP contribution is -2.25. The van der Waals surface area contributed by atoms with Crippen molar-refractivity contribution >= 4 is 39.6 Å². The van der Waals surface area contributed by atoms with E-state index in [4.69, 9.17) is 17.0 Å². The summed E-state index contributed by atoms with van der Waals surface area (Å²) in [5.41, 5.74) is 3.79. The molecule has 0 amide bonds. The number of aromatic nitrogens is 1. The monoisotopic (exact) mass is 410 g/mol. The maximum Gasteiger partial charge on any atom is 0.266 e. The highest BCUT2D eigenvalue weighted by Gasteiger charge is 2.17. The van der Waals surface area contributed by atoms with E-state index in [1.54, 1.807) is 17.9 Å². The van der Waals surface area contributed by atoms with Crippen LogP contribution in [0.1, 0.15) is 18.1 Å². The summed E-state index contributed by atoms with van der Waals surface area (Å²) in [6, 6.07) is 17.3. The molecule has 0 saturated carbocycles. The molecule has 2 aromatic carbocycles. The normalized spacial score (nSPS) is 10.5. The number of nitrogens with zero attached hydrogens (tertiary/aromatic N) is 1. The number of rotatable bonds is 6. The summed E-state index contributed by atoms with van der Waals surface area (Å²) in [5.74, 6) is 1.43. The number of benzene rings is 2. The number of methoxy groups -OCH3 is 1. The lowest BCUT2D eigenvalue weighted by atomic mass is 10.2. The first kappa shape index (κ1) is 20.2. The van der Waals surface area contributed by atoms with E-state index in [1.165, 1.54) is 17.3 Å². The summed E-state index contributed by atoms with van der Waals surface area (Å²) in [6.07, 6.45) is 1.75. The van der Waals surface area contributed by atoms with Crippen LogP contribution in [0.15, 0.2) is 65.6 Å². The predicted octanol–water partition coefficient (Wildman–Crippen LogP) is 5.33. The lowest BCUT2D eigenvalue weighted by molar-refractivity contribution is 0.412. The quantitative estimate of drug-likeness (QED) is 0.557. The van der Waals surface area contributed by atoms with Gasteiger partial charge in [-0.2, -0.15) is 0 Å². The molecule has 0 saturated heterocycles. The smallest absolute Gasteiger partial charge is 0.266 e. The van der Waals surface area contributed by atoms with Gasteiger partial charge in [-0.25, -0.2) is 0 Å². The van der Waals surface area contributed by atoms with Gasteiger partial charge in [0.1, 0.15) is 5.75 Å². The molecule has 0 unspecified atom stereocenters. The van der Waals surface area contributed by atoms with Gasteiger partial charge in [0.15, 0.2) is 0 Å². The number of hydrogen-bond acceptors (Lipinski definition) is 5. The fourth-order valence-electron chi connectivity index (χ4n) is 2.85. The van der Waals surface area contributed by atoms with Crippen LogP contribution in [0.25, 0.3) is 5.69 Å². The van der Waals surface area contributed by atoms with Crippen LogP contribution in [-0.4, -0.2) is 21.6 Å². The number of anilines is 2. The molecule has 0 aliphatic heterocycles. The summed E-state index contributed by atoms with van der Waals surface area (Å²) in [4.78, 5) is 13.4. The Kier molecular flexibility index (Phi) is 6.54. The van der Waals surface area contributed by atoms with Crippen molar-refractivity contribution in [1.29, 1.82) is 0 Å². The fourth-order valence-corrected chi connectivity index (χ4v) is 4.01. The molecule has 1 heterocycles. The van der Waals surface area contributed by atoms with Gasteiger partial charge in [0.25, 0.3) is 5.56 Å². The number of thiocarbonyl (C=S) groups is 1. The van der Waals surface area contributed by atoms with Crippen LogP contribution in [0.3, 0.4) is 0 Å². The third kappa shape index (κ3) is 4.29. The zero-order valence-electron chi connectivity index (χ0n) is 16.1. The largest absolute Gasteiger partial charge is 0.495 e. The van der Waals surface area contributed by atoms with Gasteiger partial charge < -0.3 is 10.1 Å². The Bertz CT molecular complexity index is 1040. The van der Waals surface area contributed by atoms with E-state index in [0.717, 1.165) is 11.4 Å². The minimum Gasteiger partial charge on any atom is -0.495 e. The van der Waals surface area contributed by atoms with Crippen LogP contribution < -0.4 is 15.6 Å². The second-order valence-corrected chi connectivity index (χ2v) is 8.10. The molecule has 28 heavy (non-hydrogen) atoms. The Labute approximate surface area is 174 Å². The topological polar surface area (TPSA) is 43.3 Å². The van der Waals surface area contributed by atoms with Crippen LogP contribution >= 0.6 is 24.0 Å². The SMILES string of the molecule is CCSC(=S)c1c(Nc2ccc(C)cc2)ccn(-c2ccccc2OC)c1=O. The number of thioether (sulfide) groups is 1. The molecular formula is C22H22N2O2S2. The van der Waals surface area contributed by atoms with E-state index in [1.807, 2.05) is 68.4 Å². The molecule has 0 bridgehead atoms. The molecule has 144 valence electrons. The summed E-state index contributed by atoms with van der Waals surface area (Å²) >= 11 is 7.07. The number of nitrogens with one attached hydrogen (secondary N) is 1. The standard InChI is InChI=1S/C22H22N2O2S2/c1-4-28-22(27)20-17(23-16-11-9-15(2)10-12-16)13-14-24(21(20)25)18-7-5-6-8-19(18)26-3/h5-14,23H,4H2,1-3H3. The lowest BCUT2D eigenvalue weighted by Gasteiger charge is -2.16. The second-order valence-electron chi connectivity index (χ2n) is 6.16. The van der Waals surface area contributed by atoms with Crippen molar-refractivity contribution in [2.45, 2.75) is 13.8 Å². The van der Waals surface area contributed by atoms with E-state index < -0.39 is 0 Å². The van der Waals surface area contributed by atoms with Crippen LogP contribution in [0, 0.1) is 6.92 Å². The van der Waals surface area contributed by atoms with Gasteiger partial charge in [-0.1, -0.05) is 49.0 Å². The first-order valence-electron chi connectivity index (χ1n) is 8.95. The number of aryl methyl sites for hydroxylation is 1. The summed E-state index contributed by atoms with van der Waals surface area (Å²) in [7, 11) is 1.59. The first-order valence-corrected chi connectivity index (χ1v) is 10.3. The van der Waals surface area contributed by atoms with Gasteiger partial charge in [0.2, 0.25) is 0 Å². The number of para-hydroxylation sites is 2. The molecule has 0 aliphatic rings. The Balaban J connectivity index is 2.13. The van der Waals surface area contributed by atoms with Crippen molar-refractivity contribution in [3.63, 3.8) is 0 Å². The van der Waals surface area contributed by atoms with Crippen molar-refractivity contribution in [2.24, 2.45) is 0 Å². The number of ether oxygens (including phenoxy) is 1. The van der Waals surface area contributed by atoms with Gasteiger partial charge in [-0.15, -0.1) is 11.8 Å². The Hall–Kier alpha value is -2.57. The average molecular weight is 411 g/mol. The van der Waals surface area contributed by atoms with Gasteiger partial charge in [-0.3, -0.25) is 9.36 Å². The minimum atomic E-state index is -0.174. The van der Waals surface area contributed by atoms with Crippen LogP contribution in [0.4, 0.5) is 11.4 Å². The minimum absolute atomic E-state index is 0.174. The summed E-state index contributed by atoms with van der Waals surface area (Å²) < 4.78 is 7.58. The molecule has 0 fully saturated rings.